The van der Waals surface area contributed by atoms with Gasteiger partial charge in [0.1, 0.15) is 16.1 Å². The number of alkyl halides is 1. The minimum absolute atomic E-state index is 0.228. The number of methoxy groups -OCH3 is 1. The summed E-state index contributed by atoms with van der Waals surface area (Å²) in [4.78, 5) is 23.1. The van der Waals surface area contributed by atoms with Crippen LogP contribution in [0.4, 0.5) is 0 Å². The smallest absolute Gasteiger partial charge is 0.342 e. The van der Waals surface area contributed by atoms with Crippen LogP contribution in [-0.2, 0) is 14.3 Å². The molecule has 0 spiro atoms. The SMILES string of the molecule is CCOC(=O)c1c(OC)cccc1C(Br)C(=O)OCC. The lowest BCUT2D eigenvalue weighted by Gasteiger charge is -2.16. The lowest BCUT2D eigenvalue weighted by Crippen LogP contribution is -2.16. The van der Waals surface area contributed by atoms with E-state index in [1.54, 1.807) is 32.0 Å². The normalized spacial score (nSPS) is 11.6. The van der Waals surface area contributed by atoms with Crippen LogP contribution in [0.2, 0.25) is 0 Å². The second kappa shape index (κ2) is 7.89. The minimum Gasteiger partial charge on any atom is -0.496 e. The van der Waals surface area contributed by atoms with Crippen molar-refractivity contribution in [1.82, 2.24) is 0 Å². The summed E-state index contributed by atoms with van der Waals surface area (Å²) in [5.41, 5.74) is 0.688. The van der Waals surface area contributed by atoms with Crippen LogP contribution < -0.4 is 4.74 Å². The van der Waals surface area contributed by atoms with Crippen molar-refractivity contribution >= 4 is 27.9 Å². The molecule has 0 amide bonds. The maximum Gasteiger partial charge on any atom is 0.342 e. The standard InChI is InChI=1S/C14H17BrO5/c1-4-19-13(16)11-9(7-6-8-10(11)18-3)12(15)14(17)20-5-2/h6-8,12H,4-5H2,1-3H3. The Kier molecular flexibility index (Phi) is 6.51. The molecule has 0 saturated carbocycles. The van der Waals surface area contributed by atoms with Crippen LogP contribution in [0.15, 0.2) is 18.2 Å². The molecule has 0 aromatic heterocycles. The van der Waals surface area contributed by atoms with Gasteiger partial charge < -0.3 is 14.2 Å². The van der Waals surface area contributed by atoms with Crippen LogP contribution in [0.3, 0.4) is 0 Å². The predicted molar refractivity (Wildman–Crippen MR) is 77.3 cm³/mol. The fraction of sp³-hybridized carbons (Fsp3) is 0.429. The van der Waals surface area contributed by atoms with Gasteiger partial charge in [-0.3, -0.25) is 4.79 Å². The average molecular weight is 345 g/mol. The first-order chi connectivity index (χ1) is 9.56. The molecule has 0 heterocycles. The van der Waals surface area contributed by atoms with E-state index in [0.717, 1.165) is 0 Å². The quantitative estimate of drug-likeness (QED) is 0.586. The van der Waals surface area contributed by atoms with Gasteiger partial charge in [0, 0.05) is 0 Å². The van der Waals surface area contributed by atoms with E-state index in [0.29, 0.717) is 11.3 Å². The Morgan fingerprint density at radius 2 is 1.85 bits per heavy atom. The average Bonchev–Trinajstić information content (AvgIpc) is 2.46. The number of halogens is 1. The third-order valence-electron chi connectivity index (χ3n) is 2.52. The molecule has 0 radical (unpaired) electrons. The van der Waals surface area contributed by atoms with Crippen LogP contribution in [0.1, 0.15) is 34.6 Å². The first kappa shape index (κ1) is 16.5. The third-order valence-corrected chi connectivity index (χ3v) is 3.39. The maximum absolute atomic E-state index is 12.1. The molecule has 6 heteroatoms. The Labute approximate surface area is 126 Å². The highest BCUT2D eigenvalue weighted by molar-refractivity contribution is 9.09. The summed E-state index contributed by atoms with van der Waals surface area (Å²) in [6.07, 6.45) is 0. The molecule has 0 aliphatic carbocycles. The molecule has 0 N–H and O–H groups in total. The molecular weight excluding hydrogens is 328 g/mol. The lowest BCUT2D eigenvalue weighted by molar-refractivity contribution is -0.142. The second-order valence-electron chi connectivity index (χ2n) is 3.76. The van der Waals surface area contributed by atoms with Crippen molar-refractivity contribution in [2.75, 3.05) is 20.3 Å². The molecule has 1 aromatic rings. The largest absolute Gasteiger partial charge is 0.496 e. The zero-order chi connectivity index (χ0) is 15.1. The molecule has 0 bridgehead atoms. The highest BCUT2D eigenvalue weighted by atomic mass is 79.9. The van der Waals surface area contributed by atoms with Gasteiger partial charge in [0.05, 0.1) is 20.3 Å². The van der Waals surface area contributed by atoms with Gasteiger partial charge in [0.2, 0.25) is 0 Å². The maximum atomic E-state index is 12.1. The number of benzene rings is 1. The van der Waals surface area contributed by atoms with Gasteiger partial charge in [-0.1, -0.05) is 28.1 Å². The van der Waals surface area contributed by atoms with Crippen molar-refractivity contribution < 1.29 is 23.8 Å². The number of carbonyl (C=O) groups excluding carboxylic acids is 2. The van der Waals surface area contributed by atoms with Crippen molar-refractivity contribution in [3.8, 4) is 5.75 Å². The van der Waals surface area contributed by atoms with Crippen molar-refractivity contribution in [2.24, 2.45) is 0 Å². The summed E-state index contributed by atoms with van der Waals surface area (Å²) < 4.78 is 15.1. The van der Waals surface area contributed by atoms with Gasteiger partial charge >= 0.3 is 11.9 Å². The van der Waals surface area contributed by atoms with E-state index >= 15 is 0 Å². The summed E-state index contributed by atoms with van der Waals surface area (Å²) in [6, 6.07) is 5.00. The summed E-state index contributed by atoms with van der Waals surface area (Å²) in [7, 11) is 1.45. The van der Waals surface area contributed by atoms with Gasteiger partial charge in [-0.05, 0) is 25.5 Å². The number of ether oxygens (including phenoxy) is 3. The zero-order valence-corrected chi connectivity index (χ0v) is 13.2. The first-order valence-corrected chi connectivity index (χ1v) is 7.13. The minimum atomic E-state index is -0.753. The van der Waals surface area contributed by atoms with E-state index < -0.39 is 16.8 Å². The van der Waals surface area contributed by atoms with E-state index in [4.69, 9.17) is 14.2 Å². The van der Waals surface area contributed by atoms with Gasteiger partial charge in [0.15, 0.2) is 0 Å². The summed E-state index contributed by atoms with van der Waals surface area (Å²) >= 11 is 3.25. The van der Waals surface area contributed by atoms with E-state index in [9.17, 15) is 9.59 Å². The number of hydrogen-bond acceptors (Lipinski definition) is 5. The lowest BCUT2D eigenvalue weighted by atomic mass is 10.0. The zero-order valence-electron chi connectivity index (χ0n) is 11.6. The van der Waals surface area contributed by atoms with E-state index in [-0.39, 0.29) is 18.8 Å². The van der Waals surface area contributed by atoms with Gasteiger partial charge in [-0.25, -0.2) is 4.79 Å². The van der Waals surface area contributed by atoms with Crippen molar-refractivity contribution in [2.45, 2.75) is 18.7 Å². The number of carbonyl (C=O) groups is 2. The highest BCUT2D eigenvalue weighted by Crippen LogP contribution is 2.33. The molecule has 20 heavy (non-hydrogen) atoms. The van der Waals surface area contributed by atoms with Crippen molar-refractivity contribution in [3.63, 3.8) is 0 Å². The summed E-state index contributed by atoms with van der Waals surface area (Å²) in [5.74, 6) is -0.644. The molecule has 5 nitrogen and oxygen atoms in total. The summed E-state index contributed by atoms with van der Waals surface area (Å²) in [5, 5.41) is 0. The number of rotatable bonds is 6. The monoisotopic (exact) mass is 344 g/mol. The molecule has 1 aromatic carbocycles. The fourth-order valence-corrected chi connectivity index (χ4v) is 2.21. The first-order valence-electron chi connectivity index (χ1n) is 6.21. The molecule has 0 fully saturated rings. The van der Waals surface area contributed by atoms with E-state index in [2.05, 4.69) is 15.9 Å². The molecule has 0 aliphatic heterocycles. The Balaban J connectivity index is 3.24. The number of hydrogen-bond donors (Lipinski definition) is 0. The molecule has 1 rings (SSSR count). The van der Waals surface area contributed by atoms with Gasteiger partial charge in [-0.15, -0.1) is 0 Å². The number of esters is 2. The topological polar surface area (TPSA) is 61.8 Å². The van der Waals surface area contributed by atoms with Crippen LogP contribution in [0.5, 0.6) is 5.75 Å². The molecule has 0 saturated heterocycles. The Morgan fingerprint density at radius 3 is 2.40 bits per heavy atom. The summed E-state index contributed by atoms with van der Waals surface area (Å²) in [6.45, 7) is 3.93. The van der Waals surface area contributed by atoms with E-state index in [1.807, 2.05) is 0 Å². The van der Waals surface area contributed by atoms with E-state index in [1.165, 1.54) is 7.11 Å². The third kappa shape index (κ3) is 3.72. The molecule has 0 aliphatic rings. The molecular formula is C14H17BrO5. The Hall–Kier alpha value is -1.56. The van der Waals surface area contributed by atoms with Gasteiger partial charge in [-0.2, -0.15) is 0 Å². The van der Waals surface area contributed by atoms with Gasteiger partial charge in [0.25, 0.3) is 0 Å². The Bertz CT molecular complexity index is 486. The highest BCUT2D eigenvalue weighted by Gasteiger charge is 2.27. The van der Waals surface area contributed by atoms with Crippen LogP contribution in [0, 0.1) is 0 Å². The molecule has 110 valence electrons. The van der Waals surface area contributed by atoms with Crippen molar-refractivity contribution in [3.05, 3.63) is 29.3 Å². The molecule has 1 atom stereocenters. The molecule has 1 unspecified atom stereocenters. The Morgan fingerprint density at radius 1 is 1.20 bits per heavy atom. The van der Waals surface area contributed by atoms with Crippen LogP contribution in [-0.4, -0.2) is 32.3 Å². The van der Waals surface area contributed by atoms with Crippen LogP contribution in [0.25, 0.3) is 0 Å². The van der Waals surface area contributed by atoms with Crippen molar-refractivity contribution in [1.29, 1.82) is 0 Å². The van der Waals surface area contributed by atoms with Crippen LogP contribution >= 0.6 is 15.9 Å². The predicted octanol–water partition coefficient (Wildman–Crippen LogP) is 2.87. The second-order valence-corrected chi connectivity index (χ2v) is 4.68. The fourth-order valence-electron chi connectivity index (χ4n) is 1.69.